The molecule has 0 unspecified atom stereocenters. The van der Waals surface area contributed by atoms with Gasteiger partial charge in [-0.2, -0.15) is 0 Å². The van der Waals surface area contributed by atoms with Crippen LogP contribution in [0, 0.1) is 0 Å². The van der Waals surface area contributed by atoms with Crippen LogP contribution in [0.25, 0.3) is 0 Å². The van der Waals surface area contributed by atoms with Crippen LogP contribution < -0.4 is 11.1 Å². The number of nitrogen functional groups attached to an aromatic ring is 1. The van der Waals surface area contributed by atoms with Gasteiger partial charge >= 0.3 is 0 Å². The average molecular weight is 286 g/mol. The predicted molar refractivity (Wildman–Crippen MR) is 85.6 cm³/mol. The molecule has 0 aliphatic heterocycles. The minimum absolute atomic E-state index is 0.363. The van der Waals surface area contributed by atoms with Crippen molar-refractivity contribution in [2.75, 3.05) is 17.7 Å². The molecular formula is C16H22N4O. The topological polar surface area (TPSA) is 73.1 Å². The highest BCUT2D eigenvalue weighted by Crippen LogP contribution is 2.26. The standard InChI is InChI=1S/C16H22N4O/c1-4-21-10-16-19-14(17)9-15(20-16)18-13-8-6-5-7-12(13)11(2)3/h5-9,11H,4,10H2,1-3H3,(H3,17,18,19,20). The Bertz CT molecular complexity index is 599. The second-order valence-corrected chi connectivity index (χ2v) is 5.10. The molecule has 0 aliphatic rings. The minimum atomic E-state index is 0.363. The number of anilines is 3. The molecule has 0 aliphatic carbocycles. The number of hydrogen-bond donors (Lipinski definition) is 2. The molecule has 21 heavy (non-hydrogen) atoms. The number of para-hydroxylation sites is 1. The highest BCUT2D eigenvalue weighted by molar-refractivity contribution is 5.62. The second-order valence-electron chi connectivity index (χ2n) is 5.10. The lowest BCUT2D eigenvalue weighted by molar-refractivity contribution is 0.128. The van der Waals surface area contributed by atoms with Gasteiger partial charge in [0.15, 0.2) is 5.82 Å². The van der Waals surface area contributed by atoms with Crippen molar-refractivity contribution in [3.8, 4) is 0 Å². The monoisotopic (exact) mass is 286 g/mol. The summed E-state index contributed by atoms with van der Waals surface area (Å²) in [7, 11) is 0. The summed E-state index contributed by atoms with van der Waals surface area (Å²) in [5.74, 6) is 2.13. The Morgan fingerprint density at radius 2 is 2.00 bits per heavy atom. The van der Waals surface area contributed by atoms with E-state index in [1.54, 1.807) is 6.07 Å². The normalized spacial score (nSPS) is 10.9. The molecule has 0 saturated carbocycles. The average Bonchev–Trinajstić information content (AvgIpc) is 2.45. The zero-order chi connectivity index (χ0) is 15.2. The molecule has 1 heterocycles. The van der Waals surface area contributed by atoms with Crippen LogP contribution in [0.1, 0.15) is 38.1 Å². The van der Waals surface area contributed by atoms with Gasteiger partial charge in [0, 0.05) is 18.4 Å². The first-order valence-corrected chi connectivity index (χ1v) is 7.17. The van der Waals surface area contributed by atoms with Crippen molar-refractivity contribution >= 4 is 17.3 Å². The molecule has 0 spiro atoms. The minimum Gasteiger partial charge on any atom is -0.384 e. The van der Waals surface area contributed by atoms with E-state index in [0.29, 0.717) is 36.6 Å². The molecular weight excluding hydrogens is 264 g/mol. The summed E-state index contributed by atoms with van der Waals surface area (Å²) in [6.45, 7) is 7.24. The number of nitrogens with one attached hydrogen (secondary N) is 1. The first kappa shape index (κ1) is 15.3. The number of nitrogens with two attached hydrogens (primary N) is 1. The predicted octanol–water partition coefficient (Wildman–Crippen LogP) is 3.46. The highest BCUT2D eigenvalue weighted by atomic mass is 16.5. The van der Waals surface area contributed by atoms with Crippen LogP contribution in [0.5, 0.6) is 0 Å². The van der Waals surface area contributed by atoms with Gasteiger partial charge in [0.2, 0.25) is 0 Å². The van der Waals surface area contributed by atoms with E-state index in [-0.39, 0.29) is 0 Å². The third-order valence-corrected chi connectivity index (χ3v) is 3.07. The van der Waals surface area contributed by atoms with E-state index in [1.165, 1.54) is 5.56 Å². The Kier molecular flexibility index (Phi) is 5.11. The fourth-order valence-electron chi connectivity index (χ4n) is 2.09. The van der Waals surface area contributed by atoms with E-state index in [0.717, 1.165) is 5.69 Å². The largest absolute Gasteiger partial charge is 0.384 e. The van der Waals surface area contributed by atoms with Gasteiger partial charge in [0.1, 0.15) is 18.2 Å². The molecule has 0 atom stereocenters. The Labute approximate surface area is 125 Å². The van der Waals surface area contributed by atoms with Crippen LogP contribution in [0.15, 0.2) is 30.3 Å². The summed E-state index contributed by atoms with van der Waals surface area (Å²) in [4.78, 5) is 8.61. The first-order valence-electron chi connectivity index (χ1n) is 7.17. The molecule has 0 saturated heterocycles. The van der Waals surface area contributed by atoms with Crippen LogP contribution >= 0.6 is 0 Å². The van der Waals surface area contributed by atoms with Crippen LogP contribution in [0.4, 0.5) is 17.3 Å². The lowest BCUT2D eigenvalue weighted by atomic mass is 10.0. The Balaban J connectivity index is 2.25. The highest BCUT2D eigenvalue weighted by Gasteiger charge is 2.08. The fourth-order valence-corrected chi connectivity index (χ4v) is 2.09. The van der Waals surface area contributed by atoms with Gasteiger partial charge < -0.3 is 15.8 Å². The van der Waals surface area contributed by atoms with Gasteiger partial charge in [-0.25, -0.2) is 9.97 Å². The summed E-state index contributed by atoms with van der Waals surface area (Å²) in [6, 6.07) is 9.91. The van der Waals surface area contributed by atoms with Crippen molar-refractivity contribution in [2.24, 2.45) is 0 Å². The molecule has 5 nitrogen and oxygen atoms in total. The summed E-state index contributed by atoms with van der Waals surface area (Å²) >= 11 is 0. The van der Waals surface area contributed by atoms with Crippen molar-refractivity contribution in [3.63, 3.8) is 0 Å². The fraction of sp³-hybridized carbons (Fsp3) is 0.375. The molecule has 0 amide bonds. The van der Waals surface area contributed by atoms with Gasteiger partial charge in [-0.15, -0.1) is 0 Å². The lowest BCUT2D eigenvalue weighted by Gasteiger charge is -2.14. The van der Waals surface area contributed by atoms with Crippen LogP contribution in [0.2, 0.25) is 0 Å². The number of benzene rings is 1. The zero-order valence-electron chi connectivity index (χ0n) is 12.8. The summed E-state index contributed by atoms with van der Waals surface area (Å²) < 4.78 is 5.33. The quantitative estimate of drug-likeness (QED) is 0.850. The molecule has 0 bridgehead atoms. The molecule has 2 rings (SSSR count). The van der Waals surface area contributed by atoms with Crippen LogP contribution in [-0.4, -0.2) is 16.6 Å². The zero-order valence-corrected chi connectivity index (χ0v) is 12.8. The first-order chi connectivity index (χ1) is 10.1. The summed E-state index contributed by atoms with van der Waals surface area (Å²) in [5, 5.41) is 3.32. The van der Waals surface area contributed by atoms with Gasteiger partial charge in [0.25, 0.3) is 0 Å². The molecule has 112 valence electrons. The molecule has 3 N–H and O–H groups in total. The Morgan fingerprint density at radius 3 is 2.71 bits per heavy atom. The van der Waals surface area contributed by atoms with E-state index < -0.39 is 0 Å². The van der Waals surface area contributed by atoms with Gasteiger partial charge in [-0.3, -0.25) is 0 Å². The number of hydrogen-bond acceptors (Lipinski definition) is 5. The molecule has 1 aromatic carbocycles. The molecule has 2 aromatic rings. The van der Waals surface area contributed by atoms with Gasteiger partial charge in [-0.05, 0) is 24.5 Å². The second kappa shape index (κ2) is 7.04. The van der Waals surface area contributed by atoms with E-state index >= 15 is 0 Å². The van der Waals surface area contributed by atoms with Crippen molar-refractivity contribution in [1.29, 1.82) is 0 Å². The van der Waals surface area contributed by atoms with Crippen LogP contribution in [-0.2, 0) is 11.3 Å². The number of ether oxygens (including phenoxy) is 1. The number of rotatable bonds is 6. The smallest absolute Gasteiger partial charge is 0.158 e. The summed E-state index contributed by atoms with van der Waals surface area (Å²) in [5.41, 5.74) is 8.11. The maximum absolute atomic E-state index is 5.84. The van der Waals surface area contributed by atoms with E-state index in [2.05, 4.69) is 35.2 Å². The SMILES string of the molecule is CCOCc1nc(N)cc(Nc2ccccc2C(C)C)n1. The molecule has 0 radical (unpaired) electrons. The summed E-state index contributed by atoms with van der Waals surface area (Å²) in [6.07, 6.45) is 0. The maximum Gasteiger partial charge on any atom is 0.158 e. The molecule has 5 heteroatoms. The van der Waals surface area contributed by atoms with Crippen LogP contribution in [0.3, 0.4) is 0 Å². The molecule has 0 fully saturated rings. The lowest BCUT2D eigenvalue weighted by Crippen LogP contribution is -2.06. The Hall–Kier alpha value is -2.14. The van der Waals surface area contributed by atoms with Gasteiger partial charge in [-0.1, -0.05) is 32.0 Å². The van der Waals surface area contributed by atoms with Crippen molar-refractivity contribution in [2.45, 2.75) is 33.3 Å². The number of nitrogens with zero attached hydrogens (tertiary/aromatic N) is 2. The third-order valence-electron chi connectivity index (χ3n) is 3.07. The maximum atomic E-state index is 5.84. The van der Waals surface area contributed by atoms with Crippen molar-refractivity contribution in [1.82, 2.24) is 9.97 Å². The molecule has 1 aromatic heterocycles. The Morgan fingerprint density at radius 1 is 1.24 bits per heavy atom. The third kappa shape index (κ3) is 4.16. The van der Waals surface area contributed by atoms with Gasteiger partial charge in [0.05, 0.1) is 0 Å². The van der Waals surface area contributed by atoms with E-state index in [9.17, 15) is 0 Å². The van der Waals surface area contributed by atoms with Crippen molar-refractivity contribution < 1.29 is 4.74 Å². The van der Waals surface area contributed by atoms with E-state index in [4.69, 9.17) is 10.5 Å². The van der Waals surface area contributed by atoms with Crippen molar-refractivity contribution in [3.05, 3.63) is 41.7 Å². The number of aromatic nitrogens is 2. The van der Waals surface area contributed by atoms with E-state index in [1.807, 2.05) is 25.1 Å².